The molecule has 0 aliphatic rings. The van der Waals surface area contributed by atoms with Crippen LogP contribution in [-0.4, -0.2) is 96.7 Å². The molecule has 3 N–H and O–H groups in total. The van der Waals surface area contributed by atoms with Gasteiger partial charge in [0, 0.05) is 25.7 Å². The molecule has 0 aliphatic heterocycles. The van der Waals surface area contributed by atoms with Gasteiger partial charge in [-0.15, -0.1) is 0 Å². The van der Waals surface area contributed by atoms with Gasteiger partial charge in [-0.1, -0.05) is 273 Å². The second-order valence-corrected chi connectivity index (χ2v) is 28.2. The summed E-state index contributed by atoms with van der Waals surface area (Å²) in [5.74, 6) is 0.101. The third-order valence-electron chi connectivity index (χ3n) is 15.1. The maximum absolute atomic E-state index is 13.0. The van der Waals surface area contributed by atoms with Crippen molar-refractivity contribution in [3.05, 3.63) is 0 Å². The van der Waals surface area contributed by atoms with E-state index < -0.39 is 97.5 Å². The van der Waals surface area contributed by atoms with Gasteiger partial charge in [-0.05, 0) is 43.4 Å². The van der Waals surface area contributed by atoms with E-state index >= 15 is 0 Å². The number of hydrogen-bond acceptors (Lipinski definition) is 15. The van der Waals surface area contributed by atoms with E-state index in [1.54, 1.807) is 0 Å². The van der Waals surface area contributed by atoms with E-state index in [0.717, 1.165) is 120 Å². The minimum atomic E-state index is -4.95. The Balaban J connectivity index is 5.22. The van der Waals surface area contributed by atoms with Crippen LogP contribution in [-0.2, 0) is 65.4 Å². The van der Waals surface area contributed by atoms with Gasteiger partial charge in [-0.25, -0.2) is 9.13 Å². The van der Waals surface area contributed by atoms with E-state index in [4.69, 9.17) is 37.0 Å². The molecule has 0 bridgehead atoms. The Labute approximate surface area is 517 Å². The van der Waals surface area contributed by atoms with Crippen LogP contribution in [0, 0.1) is 17.8 Å². The van der Waals surface area contributed by atoms with Crippen LogP contribution < -0.4 is 0 Å². The molecule has 504 valence electrons. The second-order valence-electron chi connectivity index (χ2n) is 25.3. The summed E-state index contributed by atoms with van der Waals surface area (Å²) < 4.78 is 68.0. The molecule has 0 aromatic carbocycles. The zero-order chi connectivity index (χ0) is 63.1. The van der Waals surface area contributed by atoms with Crippen LogP contribution in [0.25, 0.3) is 0 Å². The SMILES string of the molecule is CCCCCCCCCC(=O)OC[C@H](COP(=O)(O)OC[C@H](O)COP(=O)(O)OC[C@@H](COC(=O)CCCCCCCCCCCC(C)C)OC(=O)CCCCCCCCCCCCCCC(C)C)OC(=O)CCCCCCCCCCC(C)C. The lowest BCUT2D eigenvalue weighted by atomic mass is 10.0. The van der Waals surface area contributed by atoms with Crippen molar-refractivity contribution < 1.29 is 80.2 Å². The average molecular weight is 1260 g/mol. The molecule has 0 rings (SSSR count). The number of phosphoric ester groups is 2. The minimum Gasteiger partial charge on any atom is -0.462 e. The highest BCUT2D eigenvalue weighted by Crippen LogP contribution is 2.45. The molecule has 19 heteroatoms. The number of aliphatic hydroxyl groups excluding tert-OH is 1. The highest BCUT2D eigenvalue weighted by molar-refractivity contribution is 7.47. The fourth-order valence-electron chi connectivity index (χ4n) is 9.83. The Kier molecular flexibility index (Phi) is 55.9. The predicted molar refractivity (Wildman–Crippen MR) is 340 cm³/mol. The Bertz CT molecular complexity index is 1680. The Morgan fingerprint density at radius 1 is 0.318 bits per heavy atom. The van der Waals surface area contributed by atoms with Crippen molar-refractivity contribution in [2.45, 2.75) is 343 Å². The number of esters is 4. The number of aliphatic hydroxyl groups is 1. The number of phosphoric acid groups is 2. The van der Waals surface area contributed by atoms with Gasteiger partial charge in [0.2, 0.25) is 0 Å². The number of carbonyl (C=O) groups excluding carboxylic acids is 4. The van der Waals surface area contributed by atoms with E-state index in [-0.39, 0.29) is 25.7 Å². The first-order valence-corrected chi connectivity index (χ1v) is 37.3. The van der Waals surface area contributed by atoms with Crippen LogP contribution in [0.15, 0.2) is 0 Å². The molecule has 0 amide bonds. The Hall–Kier alpha value is -1.94. The molecule has 0 fully saturated rings. The molecule has 0 spiro atoms. The van der Waals surface area contributed by atoms with Crippen molar-refractivity contribution in [1.82, 2.24) is 0 Å². The van der Waals surface area contributed by atoms with Crippen molar-refractivity contribution in [3.63, 3.8) is 0 Å². The average Bonchev–Trinajstić information content (AvgIpc) is 3.45. The zero-order valence-corrected chi connectivity index (χ0v) is 56.9. The zero-order valence-electron chi connectivity index (χ0n) is 55.1. The molecule has 85 heavy (non-hydrogen) atoms. The second kappa shape index (κ2) is 57.2. The minimum absolute atomic E-state index is 0.104. The molecule has 17 nitrogen and oxygen atoms in total. The van der Waals surface area contributed by atoms with Gasteiger partial charge in [0.15, 0.2) is 12.2 Å². The first-order valence-electron chi connectivity index (χ1n) is 34.3. The van der Waals surface area contributed by atoms with E-state index in [9.17, 15) is 43.2 Å². The largest absolute Gasteiger partial charge is 0.472 e. The fraction of sp³-hybridized carbons (Fsp3) is 0.939. The maximum Gasteiger partial charge on any atom is 0.472 e. The van der Waals surface area contributed by atoms with E-state index in [1.807, 2.05) is 0 Å². The van der Waals surface area contributed by atoms with Crippen LogP contribution >= 0.6 is 15.6 Å². The lowest BCUT2D eigenvalue weighted by Crippen LogP contribution is -2.30. The first kappa shape index (κ1) is 83.1. The van der Waals surface area contributed by atoms with E-state index in [0.29, 0.717) is 25.7 Å². The number of ether oxygens (including phenoxy) is 4. The van der Waals surface area contributed by atoms with Gasteiger partial charge in [-0.2, -0.15) is 0 Å². The van der Waals surface area contributed by atoms with Crippen molar-refractivity contribution in [2.75, 3.05) is 39.6 Å². The lowest BCUT2D eigenvalue weighted by molar-refractivity contribution is -0.161. The molecule has 5 atom stereocenters. The summed E-state index contributed by atoms with van der Waals surface area (Å²) in [6, 6.07) is 0. The van der Waals surface area contributed by atoms with Gasteiger partial charge in [0.05, 0.1) is 26.4 Å². The Morgan fingerprint density at radius 3 is 0.800 bits per heavy atom. The van der Waals surface area contributed by atoms with Crippen molar-refractivity contribution in [1.29, 1.82) is 0 Å². The molecule has 0 aromatic heterocycles. The molecular formula is C66H128O17P2. The number of rotatable bonds is 64. The maximum atomic E-state index is 13.0. The topological polar surface area (TPSA) is 237 Å². The molecule has 0 aliphatic carbocycles. The van der Waals surface area contributed by atoms with Crippen molar-refractivity contribution in [2.24, 2.45) is 17.8 Å². The van der Waals surface area contributed by atoms with Crippen molar-refractivity contribution in [3.8, 4) is 0 Å². The lowest BCUT2D eigenvalue weighted by Gasteiger charge is -2.21. The summed E-state index contributed by atoms with van der Waals surface area (Å²) in [6.45, 7) is 11.7. The van der Waals surface area contributed by atoms with Crippen LogP contribution in [0.2, 0.25) is 0 Å². The molecule has 0 radical (unpaired) electrons. The number of unbranched alkanes of at least 4 members (excludes halogenated alkanes) is 32. The summed E-state index contributed by atoms with van der Waals surface area (Å²) in [6.07, 6.45) is 39.1. The molecule has 0 saturated heterocycles. The van der Waals surface area contributed by atoms with Crippen LogP contribution in [0.1, 0.15) is 325 Å². The highest BCUT2D eigenvalue weighted by Gasteiger charge is 2.30. The summed E-state index contributed by atoms with van der Waals surface area (Å²) in [5, 5.41) is 10.5. The fourth-order valence-corrected chi connectivity index (χ4v) is 11.4. The van der Waals surface area contributed by atoms with E-state index in [1.165, 1.54) is 122 Å². The van der Waals surface area contributed by atoms with Gasteiger partial charge >= 0.3 is 39.5 Å². The molecule has 0 saturated carbocycles. The summed E-state index contributed by atoms with van der Waals surface area (Å²) >= 11 is 0. The molecule has 0 heterocycles. The van der Waals surface area contributed by atoms with Gasteiger partial charge < -0.3 is 33.8 Å². The van der Waals surface area contributed by atoms with Crippen molar-refractivity contribution >= 4 is 39.5 Å². The number of hydrogen-bond donors (Lipinski definition) is 3. The monoisotopic (exact) mass is 1250 g/mol. The van der Waals surface area contributed by atoms with Crippen LogP contribution in [0.4, 0.5) is 0 Å². The quantitative estimate of drug-likeness (QED) is 0.0222. The van der Waals surface area contributed by atoms with E-state index in [2.05, 4.69) is 48.5 Å². The third-order valence-corrected chi connectivity index (χ3v) is 17.0. The molecular weight excluding hydrogens is 1130 g/mol. The van der Waals surface area contributed by atoms with Gasteiger partial charge in [0.25, 0.3) is 0 Å². The summed E-state index contributed by atoms with van der Waals surface area (Å²) in [5.41, 5.74) is 0. The standard InChI is InChI=1S/C66H128O17P2/c1-8-9-10-11-23-33-40-47-63(68)76-53-61(83-66(71)50-43-36-29-22-21-26-32-39-46-59(6)7)55-80-84(72,73)78-51-60(67)52-79-85(74,75)81-56-62(54-77-64(69)48-41-34-27-20-16-18-25-31-38-45-58(4)5)82-65(70)49-42-35-28-19-15-13-12-14-17-24-30-37-44-57(2)3/h57-62,67H,8-56H2,1-7H3,(H,72,73)(H,74,75)/t60-,61+,62+/m0/s1. The first-order chi connectivity index (χ1) is 40.7. The smallest absolute Gasteiger partial charge is 0.462 e. The van der Waals surface area contributed by atoms with Crippen LogP contribution in [0.5, 0.6) is 0 Å². The highest BCUT2D eigenvalue weighted by atomic mass is 31.2. The van der Waals surface area contributed by atoms with Gasteiger partial charge in [-0.3, -0.25) is 37.3 Å². The summed E-state index contributed by atoms with van der Waals surface area (Å²) in [7, 11) is -9.89. The Morgan fingerprint density at radius 2 is 0.541 bits per heavy atom. The molecule has 2 unspecified atom stereocenters. The normalized spacial score (nSPS) is 14.3. The van der Waals surface area contributed by atoms with Gasteiger partial charge in [0.1, 0.15) is 19.3 Å². The summed E-state index contributed by atoms with van der Waals surface area (Å²) in [4.78, 5) is 72.2. The third kappa shape index (κ3) is 60.7. The van der Waals surface area contributed by atoms with Crippen LogP contribution in [0.3, 0.4) is 0 Å². The molecule has 0 aromatic rings. The predicted octanol–water partition coefficient (Wildman–Crippen LogP) is 18.3. The number of carbonyl (C=O) groups is 4.